The summed E-state index contributed by atoms with van der Waals surface area (Å²) >= 11 is 5.66. The minimum Gasteiger partial charge on any atom is -0.506 e. The van der Waals surface area contributed by atoms with Gasteiger partial charge in [0.15, 0.2) is 0 Å². The average molecular weight is 312 g/mol. The standard InChI is InChI=1S/C12H15ClFNO3.ClH/c1-12(2,11(17)18-3)10(15)7-4-6(14)5-8(13)9(7)16;/h4-5,10,16H,15H2,1-3H3;1H/t10-;/m0./s1. The van der Waals surface area contributed by atoms with Crippen molar-refractivity contribution in [1.29, 1.82) is 0 Å². The number of ether oxygens (including phenoxy) is 1. The van der Waals surface area contributed by atoms with Crippen LogP contribution in [-0.2, 0) is 9.53 Å². The molecule has 0 bridgehead atoms. The summed E-state index contributed by atoms with van der Waals surface area (Å²) in [4.78, 5) is 11.6. The molecule has 19 heavy (non-hydrogen) atoms. The van der Waals surface area contributed by atoms with E-state index in [4.69, 9.17) is 17.3 Å². The maximum absolute atomic E-state index is 13.3. The quantitative estimate of drug-likeness (QED) is 0.842. The van der Waals surface area contributed by atoms with E-state index in [1.807, 2.05) is 0 Å². The van der Waals surface area contributed by atoms with Crippen molar-refractivity contribution < 1.29 is 19.0 Å². The summed E-state index contributed by atoms with van der Waals surface area (Å²) in [5, 5.41) is 9.63. The molecule has 0 aromatic heterocycles. The average Bonchev–Trinajstić information content (AvgIpc) is 2.31. The predicted octanol–water partition coefficient (Wildman–Crippen LogP) is 2.81. The van der Waals surface area contributed by atoms with Gasteiger partial charge in [-0.3, -0.25) is 4.79 Å². The zero-order valence-electron chi connectivity index (χ0n) is 10.7. The van der Waals surface area contributed by atoms with E-state index in [0.29, 0.717) is 0 Å². The third-order valence-corrected chi connectivity index (χ3v) is 3.17. The molecule has 108 valence electrons. The van der Waals surface area contributed by atoms with Gasteiger partial charge in [-0.15, -0.1) is 12.4 Å². The lowest BCUT2D eigenvalue weighted by molar-refractivity contribution is -0.152. The highest BCUT2D eigenvalue weighted by Gasteiger charge is 2.38. The smallest absolute Gasteiger partial charge is 0.313 e. The van der Waals surface area contributed by atoms with Crippen LogP contribution in [0.25, 0.3) is 0 Å². The monoisotopic (exact) mass is 311 g/mol. The fourth-order valence-corrected chi connectivity index (χ4v) is 1.82. The van der Waals surface area contributed by atoms with Crippen LogP contribution in [-0.4, -0.2) is 18.2 Å². The van der Waals surface area contributed by atoms with E-state index in [2.05, 4.69) is 4.74 Å². The van der Waals surface area contributed by atoms with Gasteiger partial charge in [-0.1, -0.05) is 11.6 Å². The van der Waals surface area contributed by atoms with Gasteiger partial charge >= 0.3 is 5.97 Å². The highest BCUT2D eigenvalue weighted by molar-refractivity contribution is 6.32. The molecule has 1 atom stereocenters. The summed E-state index contributed by atoms with van der Waals surface area (Å²) in [6.07, 6.45) is 0. The second kappa shape index (κ2) is 6.41. The summed E-state index contributed by atoms with van der Waals surface area (Å²) in [6, 6.07) is 1.08. The van der Waals surface area contributed by atoms with Crippen LogP contribution in [0.3, 0.4) is 0 Å². The van der Waals surface area contributed by atoms with Crippen molar-refractivity contribution in [2.24, 2.45) is 11.1 Å². The molecule has 0 spiro atoms. The molecule has 4 nitrogen and oxygen atoms in total. The number of carbonyl (C=O) groups is 1. The lowest BCUT2D eigenvalue weighted by Gasteiger charge is -2.29. The summed E-state index contributed by atoms with van der Waals surface area (Å²) in [5.41, 5.74) is 4.85. The number of phenolic OH excluding ortho intramolecular Hbond substituents is 1. The minimum absolute atomic E-state index is 0. The lowest BCUT2D eigenvalue weighted by atomic mass is 9.80. The molecule has 0 fully saturated rings. The van der Waals surface area contributed by atoms with Crippen LogP contribution in [0.1, 0.15) is 25.5 Å². The number of rotatable bonds is 3. The first-order chi connectivity index (χ1) is 8.21. The molecular weight excluding hydrogens is 296 g/mol. The third-order valence-electron chi connectivity index (χ3n) is 2.88. The first-order valence-electron chi connectivity index (χ1n) is 5.23. The fraction of sp³-hybridized carbons (Fsp3) is 0.417. The third kappa shape index (κ3) is 3.49. The number of nitrogens with two attached hydrogens (primary N) is 1. The Labute approximate surface area is 122 Å². The van der Waals surface area contributed by atoms with Crippen LogP contribution in [0.2, 0.25) is 5.02 Å². The Bertz CT molecular complexity index is 480. The van der Waals surface area contributed by atoms with Gasteiger partial charge < -0.3 is 15.6 Å². The summed E-state index contributed by atoms with van der Waals surface area (Å²) in [6.45, 7) is 3.09. The van der Waals surface area contributed by atoms with E-state index < -0.39 is 23.2 Å². The summed E-state index contributed by atoms with van der Waals surface area (Å²) in [5.74, 6) is -1.53. The van der Waals surface area contributed by atoms with Gasteiger partial charge in [0, 0.05) is 11.6 Å². The Morgan fingerprint density at radius 1 is 1.53 bits per heavy atom. The van der Waals surface area contributed by atoms with Gasteiger partial charge in [0.1, 0.15) is 11.6 Å². The van der Waals surface area contributed by atoms with Crippen molar-refractivity contribution in [2.75, 3.05) is 7.11 Å². The summed E-state index contributed by atoms with van der Waals surface area (Å²) in [7, 11) is 1.23. The first kappa shape index (κ1) is 18.0. The predicted molar refractivity (Wildman–Crippen MR) is 73.0 cm³/mol. The lowest BCUT2D eigenvalue weighted by Crippen LogP contribution is -2.37. The highest BCUT2D eigenvalue weighted by atomic mass is 35.5. The molecule has 0 saturated carbocycles. The Morgan fingerprint density at radius 2 is 2.05 bits per heavy atom. The Hall–Kier alpha value is -1.04. The molecule has 7 heteroatoms. The molecule has 0 heterocycles. The van der Waals surface area contributed by atoms with Crippen molar-refractivity contribution in [3.8, 4) is 5.75 Å². The molecular formula is C12H16Cl2FNO3. The topological polar surface area (TPSA) is 72.5 Å². The van der Waals surface area contributed by atoms with E-state index >= 15 is 0 Å². The molecule has 0 unspecified atom stereocenters. The maximum Gasteiger partial charge on any atom is 0.313 e. The van der Waals surface area contributed by atoms with Crippen molar-refractivity contribution >= 4 is 30.0 Å². The van der Waals surface area contributed by atoms with Gasteiger partial charge in [0.05, 0.1) is 17.5 Å². The number of aromatic hydroxyl groups is 1. The molecule has 0 aliphatic heterocycles. The van der Waals surface area contributed by atoms with Gasteiger partial charge in [0.2, 0.25) is 0 Å². The largest absolute Gasteiger partial charge is 0.506 e. The highest BCUT2D eigenvalue weighted by Crippen LogP contribution is 2.39. The number of esters is 1. The molecule has 0 saturated heterocycles. The van der Waals surface area contributed by atoms with Crippen molar-refractivity contribution in [3.63, 3.8) is 0 Å². The van der Waals surface area contributed by atoms with Gasteiger partial charge in [-0.05, 0) is 26.0 Å². The van der Waals surface area contributed by atoms with Crippen LogP contribution in [0, 0.1) is 11.2 Å². The molecule has 1 rings (SSSR count). The number of hydrogen-bond acceptors (Lipinski definition) is 4. The summed E-state index contributed by atoms with van der Waals surface area (Å²) < 4.78 is 17.9. The number of phenols is 1. The first-order valence-corrected chi connectivity index (χ1v) is 5.61. The van der Waals surface area contributed by atoms with E-state index in [0.717, 1.165) is 12.1 Å². The van der Waals surface area contributed by atoms with Crippen LogP contribution in [0.4, 0.5) is 4.39 Å². The second-order valence-electron chi connectivity index (χ2n) is 4.52. The number of halogens is 3. The Morgan fingerprint density at radius 3 is 2.53 bits per heavy atom. The fourth-order valence-electron chi connectivity index (χ4n) is 1.60. The van der Waals surface area contributed by atoms with Crippen LogP contribution in [0.15, 0.2) is 12.1 Å². The van der Waals surface area contributed by atoms with E-state index in [-0.39, 0.29) is 28.7 Å². The normalized spacial score (nSPS) is 12.5. The molecule has 0 radical (unpaired) electrons. The molecule has 1 aromatic rings. The van der Waals surface area contributed by atoms with Crippen molar-refractivity contribution in [2.45, 2.75) is 19.9 Å². The van der Waals surface area contributed by atoms with Gasteiger partial charge in [-0.2, -0.15) is 0 Å². The van der Waals surface area contributed by atoms with Gasteiger partial charge in [-0.25, -0.2) is 4.39 Å². The van der Waals surface area contributed by atoms with E-state index in [9.17, 15) is 14.3 Å². The molecule has 1 aromatic carbocycles. The Balaban J connectivity index is 0.00000324. The van der Waals surface area contributed by atoms with Crippen LogP contribution in [0.5, 0.6) is 5.75 Å². The van der Waals surface area contributed by atoms with Crippen molar-refractivity contribution in [1.82, 2.24) is 0 Å². The second-order valence-corrected chi connectivity index (χ2v) is 4.92. The SMILES string of the molecule is COC(=O)C(C)(C)[C@@H](N)c1cc(F)cc(Cl)c1O.Cl. The van der Waals surface area contributed by atoms with Crippen LogP contribution < -0.4 is 5.73 Å². The minimum atomic E-state index is -1.12. The molecule has 0 aliphatic carbocycles. The zero-order chi connectivity index (χ0) is 14.1. The molecule has 3 N–H and O–H groups in total. The molecule has 0 amide bonds. The maximum atomic E-state index is 13.3. The number of methoxy groups -OCH3 is 1. The number of benzene rings is 1. The van der Waals surface area contributed by atoms with Gasteiger partial charge in [0.25, 0.3) is 0 Å². The van der Waals surface area contributed by atoms with Crippen molar-refractivity contribution in [3.05, 3.63) is 28.5 Å². The van der Waals surface area contributed by atoms with Crippen LogP contribution >= 0.6 is 24.0 Å². The van der Waals surface area contributed by atoms with E-state index in [1.54, 1.807) is 13.8 Å². The van der Waals surface area contributed by atoms with E-state index in [1.165, 1.54) is 7.11 Å². The zero-order valence-corrected chi connectivity index (χ0v) is 12.3. The number of hydrogen-bond donors (Lipinski definition) is 2. The Kier molecular flexibility index (Phi) is 6.06. The number of carbonyl (C=O) groups excluding carboxylic acids is 1. The molecule has 0 aliphatic rings.